The van der Waals surface area contributed by atoms with Crippen LogP contribution in [0.3, 0.4) is 0 Å². The lowest BCUT2D eigenvalue weighted by molar-refractivity contribution is -0.133. The number of aliphatic carboxylic acids is 1. The van der Waals surface area contributed by atoms with Crippen molar-refractivity contribution in [2.75, 3.05) is 5.75 Å². The lowest BCUT2D eigenvalue weighted by Gasteiger charge is -2.05. The molecule has 1 N–H and O–H groups in total. The highest BCUT2D eigenvalue weighted by Crippen LogP contribution is 2.26. The van der Waals surface area contributed by atoms with E-state index in [1.54, 1.807) is 6.07 Å². The zero-order valence-corrected chi connectivity index (χ0v) is 11.5. The number of halogens is 1. The van der Waals surface area contributed by atoms with Crippen molar-refractivity contribution in [3.63, 3.8) is 0 Å². The van der Waals surface area contributed by atoms with Gasteiger partial charge in [-0.3, -0.25) is 4.79 Å². The van der Waals surface area contributed by atoms with Crippen LogP contribution in [0.5, 0.6) is 0 Å². The second-order valence-corrected chi connectivity index (χ2v) is 5.24. The number of hydrogen-bond donors (Lipinski definition) is 1. The Bertz CT molecular complexity index is 583. The van der Waals surface area contributed by atoms with E-state index >= 15 is 0 Å². The van der Waals surface area contributed by atoms with Crippen molar-refractivity contribution >= 4 is 40.4 Å². The maximum Gasteiger partial charge on any atom is 0.313 e. The van der Waals surface area contributed by atoms with Crippen LogP contribution in [0.15, 0.2) is 23.4 Å². The number of hydrogen-bond acceptors (Lipinski definition) is 3. The first-order valence-electron chi connectivity index (χ1n) is 5.62. The van der Waals surface area contributed by atoms with E-state index in [2.05, 4.69) is 11.9 Å². The van der Waals surface area contributed by atoms with Gasteiger partial charge in [-0.25, -0.2) is 4.98 Å². The molecule has 1 heterocycles. The van der Waals surface area contributed by atoms with Crippen LogP contribution in [0, 0.1) is 0 Å². The van der Waals surface area contributed by atoms with Gasteiger partial charge in [0, 0.05) is 11.6 Å². The third-order valence-corrected chi connectivity index (χ3v) is 3.64. The Kier molecular flexibility index (Phi) is 4.14. The summed E-state index contributed by atoms with van der Waals surface area (Å²) in [7, 11) is 0. The number of thioether (sulfide) groups is 1. The minimum Gasteiger partial charge on any atom is -0.481 e. The second kappa shape index (κ2) is 5.63. The third kappa shape index (κ3) is 2.79. The molecule has 0 aliphatic carbocycles. The molecule has 0 radical (unpaired) electrons. The van der Waals surface area contributed by atoms with Crippen molar-refractivity contribution in [1.82, 2.24) is 9.55 Å². The fraction of sp³-hybridized carbons (Fsp3) is 0.333. The normalized spacial score (nSPS) is 11.0. The molecule has 2 aromatic rings. The predicted molar refractivity (Wildman–Crippen MR) is 73.4 cm³/mol. The number of aryl methyl sites for hydroxylation is 1. The Hall–Kier alpha value is -1.20. The fourth-order valence-electron chi connectivity index (χ4n) is 1.76. The smallest absolute Gasteiger partial charge is 0.313 e. The first-order chi connectivity index (χ1) is 8.61. The monoisotopic (exact) mass is 284 g/mol. The van der Waals surface area contributed by atoms with Gasteiger partial charge in [0.2, 0.25) is 0 Å². The lowest BCUT2D eigenvalue weighted by Crippen LogP contribution is -2.03. The number of nitrogens with zero attached hydrogens (tertiary/aromatic N) is 2. The van der Waals surface area contributed by atoms with Gasteiger partial charge in [-0.2, -0.15) is 0 Å². The number of carbonyl (C=O) groups is 1. The summed E-state index contributed by atoms with van der Waals surface area (Å²) >= 11 is 7.17. The van der Waals surface area contributed by atoms with Gasteiger partial charge in [-0.05, 0) is 24.6 Å². The highest BCUT2D eigenvalue weighted by molar-refractivity contribution is 7.99. The van der Waals surface area contributed by atoms with Gasteiger partial charge >= 0.3 is 5.97 Å². The number of aromatic nitrogens is 2. The maximum atomic E-state index is 10.6. The maximum absolute atomic E-state index is 10.6. The van der Waals surface area contributed by atoms with Crippen LogP contribution < -0.4 is 0 Å². The SMILES string of the molecule is CCCn1c(SCC(=O)O)nc2cc(Cl)ccc21. The third-order valence-electron chi connectivity index (χ3n) is 2.45. The van der Waals surface area contributed by atoms with Gasteiger partial charge in [-0.15, -0.1) is 0 Å². The molecule has 0 saturated heterocycles. The summed E-state index contributed by atoms with van der Waals surface area (Å²) in [5, 5.41) is 10.1. The average molecular weight is 285 g/mol. The zero-order valence-electron chi connectivity index (χ0n) is 9.89. The molecule has 0 amide bonds. The number of carboxylic acid groups (broad SMARTS) is 1. The Morgan fingerprint density at radius 1 is 1.56 bits per heavy atom. The summed E-state index contributed by atoms with van der Waals surface area (Å²) in [5.74, 6) is -0.825. The first-order valence-corrected chi connectivity index (χ1v) is 6.98. The Morgan fingerprint density at radius 3 is 3.00 bits per heavy atom. The van der Waals surface area contributed by atoms with Crippen LogP contribution >= 0.6 is 23.4 Å². The standard InChI is InChI=1S/C12H13ClN2O2S/c1-2-5-15-10-4-3-8(13)6-9(10)14-12(15)18-7-11(16)17/h3-4,6H,2,5,7H2,1H3,(H,16,17). The molecule has 0 spiro atoms. The van der Waals surface area contributed by atoms with Crippen molar-refractivity contribution in [2.24, 2.45) is 0 Å². The Balaban J connectivity index is 2.43. The van der Waals surface area contributed by atoms with Crippen LogP contribution in [-0.4, -0.2) is 26.4 Å². The highest BCUT2D eigenvalue weighted by Gasteiger charge is 2.12. The highest BCUT2D eigenvalue weighted by atomic mass is 35.5. The molecule has 0 saturated carbocycles. The lowest BCUT2D eigenvalue weighted by atomic mass is 10.3. The fourth-order valence-corrected chi connectivity index (χ4v) is 2.68. The summed E-state index contributed by atoms with van der Waals surface area (Å²) in [6, 6.07) is 5.54. The largest absolute Gasteiger partial charge is 0.481 e. The summed E-state index contributed by atoms with van der Waals surface area (Å²) in [6.45, 7) is 2.90. The van der Waals surface area contributed by atoms with Gasteiger partial charge in [0.15, 0.2) is 5.16 Å². The van der Waals surface area contributed by atoms with Crippen LogP contribution in [0.4, 0.5) is 0 Å². The molecule has 0 bridgehead atoms. The molecule has 0 atom stereocenters. The minimum absolute atomic E-state index is 0.0147. The molecule has 0 unspecified atom stereocenters. The molecule has 0 aliphatic rings. The molecule has 1 aromatic carbocycles. The average Bonchev–Trinajstić information content (AvgIpc) is 2.64. The number of benzene rings is 1. The molecule has 1 aromatic heterocycles. The second-order valence-electron chi connectivity index (χ2n) is 3.86. The van der Waals surface area contributed by atoms with E-state index in [0.29, 0.717) is 5.02 Å². The topological polar surface area (TPSA) is 55.1 Å². The first kappa shape index (κ1) is 13.2. The number of rotatable bonds is 5. The summed E-state index contributed by atoms with van der Waals surface area (Å²) in [6.07, 6.45) is 0.967. The molecule has 4 nitrogen and oxygen atoms in total. The van der Waals surface area contributed by atoms with Gasteiger partial charge < -0.3 is 9.67 Å². The van der Waals surface area contributed by atoms with Crippen LogP contribution in [0.1, 0.15) is 13.3 Å². The van der Waals surface area contributed by atoms with E-state index in [1.807, 2.05) is 16.7 Å². The molecule has 0 fully saturated rings. The number of imidazole rings is 1. The van der Waals surface area contributed by atoms with Crippen molar-refractivity contribution < 1.29 is 9.90 Å². The summed E-state index contributed by atoms with van der Waals surface area (Å²) in [5.41, 5.74) is 1.80. The van der Waals surface area contributed by atoms with Gasteiger partial charge in [0.1, 0.15) is 0 Å². The molecule has 96 valence electrons. The van der Waals surface area contributed by atoms with Gasteiger partial charge in [0.05, 0.1) is 16.8 Å². The van der Waals surface area contributed by atoms with Gasteiger partial charge in [-0.1, -0.05) is 30.3 Å². The van der Waals surface area contributed by atoms with E-state index in [4.69, 9.17) is 16.7 Å². The Labute approximate surface area is 114 Å². The van der Waals surface area contributed by atoms with E-state index in [9.17, 15) is 4.79 Å². The number of carboxylic acids is 1. The zero-order chi connectivity index (χ0) is 13.1. The van der Waals surface area contributed by atoms with Crippen LogP contribution in [0.25, 0.3) is 11.0 Å². The van der Waals surface area contributed by atoms with E-state index in [-0.39, 0.29) is 5.75 Å². The molecule has 6 heteroatoms. The minimum atomic E-state index is -0.840. The van der Waals surface area contributed by atoms with Crippen molar-refractivity contribution in [1.29, 1.82) is 0 Å². The predicted octanol–water partition coefficient (Wildman–Crippen LogP) is 3.28. The van der Waals surface area contributed by atoms with E-state index in [1.165, 1.54) is 11.8 Å². The quantitative estimate of drug-likeness (QED) is 0.856. The van der Waals surface area contributed by atoms with Gasteiger partial charge in [0.25, 0.3) is 0 Å². The molecular weight excluding hydrogens is 272 g/mol. The Morgan fingerprint density at radius 2 is 2.33 bits per heavy atom. The van der Waals surface area contributed by atoms with Crippen LogP contribution in [0.2, 0.25) is 5.02 Å². The van der Waals surface area contributed by atoms with E-state index in [0.717, 1.165) is 29.2 Å². The van der Waals surface area contributed by atoms with Crippen molar-refractivity contribution in [2.45, 2.75) is 25.0 Å². The van der Waals surface area contributed by atoms with Crippen LogP contribution in [-0.2, 0) is 11.3 Å². The van der Waals surface area contributed by atoms with E-state index < -0.39 is 5.97 Å². The number of fused-ring (bicyclic) bond motifs is 1. The molecular formula is C12H13ClN2O2S. The van der Waals surface area contributed by atoms with Crippen molar-refractivity contribution in [3.8, 4) is 0 Å². The molecule has 2 rings (SSSR count). The summed E-state index contributed by atoms with van der Waals surface area (Å²) in [4.78, 5) is 15.1. The van der Waals surface area contributed by atoms with Crippen molar-refractivity contribution in [3.05, 3.63) is 23.2 Å². The molecule has 0 aliphatic heterocycles. The molecule has 18 heavy (non-hydrogen) atoms. The summed E-state index contributed by atoms with van der Waals surface area (Å²) < 4.78 is 2.04.